The van der Waals surface area contributed by atoms with Crippen LogP contribution in [0.1, 0.15) is 26.3 Å². The molecule has 0 aliphatic heterocycles. The minimum atomic E-state index is -4.16. The molecule has 0 aromatic heterocycles. The molecule has 8 nitrogen and oxygen atoms in total. The van der Waals surface area contributed by atoms with E-state index >= 15 is 0 Å². The van der Waals surface area contributed by atoms with Gasteiger partial charge in [0.05, 0.1) is 17.2 Å². The van der Waals surface area contributed by atoms with E-state index in [-0.39, 0.29) is 23.0 Å². The van der Waals surface area contributed by atoms with Crippen molar-refractivity contribution >= 4 is 43.5 Å². The van der Waals surface area contributed by atoms with E-state index in [1.165, 1.54) is 17.0 Å². The number of hydrogen-bond acceptors (Lipinski definition) is 5. The van der Waals surface area contributed by atoms with E-state index < -0.39 is 28.5 Å². The average Bonchev–Trinajstić information content (AvgIpc) is 2.92. The van der Waals surface area contributed by atoms with Crippen LogP contribution in [0, 0.1) is 0 Å². The first kappa shape index (κ1) is 29.2. The molecule has 1 unspecified atom stereocenters. The zero-order valence-electron chi connectivity index (χ0n) is 21.6. The number of carbonyl (C=O) groups is 2. The molecule has 3 aromatic carbocycles. The number of anilines is 1. The summed E-state index contributed by atoms with van der Waals surface area (Å²) in [6.07, 6.45) is 0. The zero-order chi connectivity index (χ0) is 27.7. The highest BCUT2D eigenvalue weighted by atomic mass is 79.9. The lowest BCUT2D eigenvalue weighted by Gasteiger charge is -2.32. The van der Waals surface area contributed by atoms with Crippen LogP contribution >= 0.6 is 15.9 Å². The molecule has 0 aliphatic rings. The number of benzene rings is 3. The van der Waals surface area contributed by atoms with Gasteiger partial charge in [-0.1, -0.05) is 58.4 Å². The first-order valence-corrected chi connectivity index (χ1v) is 14.5. The van der Waals surface area contributed by atoms with Crippen molar-refractivity contribution in [1.29, 1.82) is 0 Å². The number of hydrogen-bond donors (Lipinski definition) is 1. The number of halogens is 1. The second-order valence-corrected chi connectivity index (χ2v) is 11.2. The van der Waals surface area contributed by atoms with Gasteiger partial charge in [-0.05, 0) is 62.7 Å². The number of likely N-dealkylation sites (N-methyl/N-ethyl adjacent to an activating group) is 1. The number of ether oxygens (including phenoxy) is 1. The molecule has 3 aromatic rings. The van der Waals surface area contributed by atoms with Crippen molar-refractivity contribution in [3.05, 3.63) is 88.9 Å². The number of sulfonamides is 1. The third kappa shape index (κ3) is 7.14. The largest absolute Gasteiger partial charge is 0.492 e. The lowest BCUT2D eigenvalue weighted by molar-refractivity contribution is -0.139. The minimum absolute atomic E-state index is 0.0373. The first-order chi connectivity index (χ1) is 18.2. The van der Waals surface area contributed by atoms with Gasteiger partial charge in [0, 0.05) is 17.6 Å². The summed E-state index contributed by atoms with van der Waals surface area (Å²) in [6.45, 7) is 5.54. The summed E-state index contributed by atoms with van der Waals surface area (Å²) in [5, 5.41) is 2.75. The molecule has 1 atom stereocenters. The molecule has 0 radical (unpaired) electrons. The molecule has 0 fully saturated rings. The van der Waals surface area contributed by atoms with Gasteiger partial charge in [-0.15, -0.1) is 0 Å². The fraction of sp³-hybridized carbons (Fsp3) is 0.286. The molecule has 1 N–H and O–H groups in total. The molecule has 38 heavy (non-hydrogen) atoms. The van der Waals surface area contributed by atoms with Crippen molar-refractivity contribution in [2.45, 2.75) is 38.3 Å². The van der Waals surface area contributed by atoms with Crippen LogP contribution < -0.4 is 14.4 Å². The summed E-state index contributed by atoms with van der Waals surface area (Å²) in [6, 6.07) is 21.2. The van der Waals surface area contributed by atoms with E-state index in [4.69, 9.17) is 4.74 Å². The number of rotatable bonds is 12. The minimum Gasteiger partial charge on any atom is -0.492 e. The van der Waals surface area contributed by atoms with Crippen LogP contribution in [0.2, 0.25) is 0 Å². The van der Waals surface area contributed by atoms with E-state index in [0.29, 0.717) is 18.9 Å². The Morgan fingerprint density at radius 1 is 0.947 bits per heavy atom. The molecule has 0 bridgehead atoms. The number of nitrogens with one attached hydrogen (secondary N) is 1. The van der Waals surface area contributed by atoms with Crippen LogP contribution in [0.5, 0.6) is 5.75 Å². The van der Waals surface area contributed by atoms with Crippen molar-refractivity contribution in [3.63, 3.8) is 0 Å². The normalized spacial score (nSPS) is 11.9. The first-order valence-electron chi connectivity index (χ1n) is 12.3. The van der Waals surface area contributed by atoms with Crippen molar-refractivity contribution < 1.29 is 22.7 Å². The number of amides is 2. The fourth-order valence-corrected chi connectivity index (χ4v) is 5.57. The van der Waals surface area contributed by atoms with Gasteiger partial charge in [-0.2, -0.15) is 0 Å². The third-order valence-corrected chi connectivity index (χ3v) is 8.13. The van der Waals surface area contributed by atoms with Gasteiger partial charge >= 0.3 is 0 Å². The van der Waals surface area contributed by atoms with Crippen LogP contribution in [0.25, 0.3) is 0 Å². The summed E-state index contributed by atoms with van der Waals surface area (Å²) in [5.41, 5.74) is 1.03. The van der Waals surface area contributed by atoms with Gasteiger partial charge < -0.3 is 15.0 Å². The van der Waals surface area contributed by atoms with Gasteiger partial charge in [0.25, 0.3) is 10.0 Å². The molecule has 0 aliphatic carbocycles. The van der Waals surface area contributed by atoms with Crippen LogP contribution in [0.4, 0.5) is 5.69 Å². The predicted molar refractivity (Wildman–Crippen MR) is 151 cm³/mol. The average molecular weight is 603 g/mol. The van der Waals surface area contributed by atoms with Crippen molar-refractivity contribution in [1.82, 2.24) is 10.2 Å². The van der Waals surface area contributed by atoms with Gasteiger partial charge in [0.2, 0.25) is 11.8 Å². The van der Waals surface area contributed by atoms with Gasteiger partial charge in [-0.25, -0.2) is 8.42 Å². The Bertz CT molecular complexity index is 1330. The molecule has 0 saturated carbocycles. The van der Waals surface area contributed by atoms with Crippen LogP contribution in [0.3, 0.4) is 0 Å². The van der Waals surface area contributed by atoms with E-state index in [1.807, 2.05) is 24.3 Å². The number of nitrogens with zero attached hydrogens (tertiary/aromatic N) is 2. The lowest BCUT2D eigenvalue weighted by atomic mass is 10.1. The Kier molecular flexibility index (Phi) is 10.3. The maximum atomic E-state index is 13.9. The highest BCUT2D eigenvalue weighted by Crippen LogP contribution is 2.32. The highest BCUT2D eigenvalue weighted by Gasteiger charge is 2.33. The quantitative estimate of drug-likeness (QED) is 0.327. The van der Waals surface area contributed by atoms with Crippen LogP contribution in [-0.4, -0.2) is 50.9 Å². The molecule has 10 heteroatoms. The Hall–Kier alpha value is -3.37. The summed E-state index contributed by atoms with van der Waals surface area (Å²) >= 11 is 3.41. The topological polar surface area (TPSA) is 96.0 Å². The van der Waals surface area contributed by atoms with Crippen LogP contribution in [0.15, 0.2) is 88.2 Å². The molecule has 202 valence electrons. The van der Waals surface area contributed by atoms with Crippen molar-refractivity contribution in [2.24, 2.45) is 0 Å². The van der Waals surface area contributed by atoms with E-state index in [9.17, 15) is 18.0 Å². The smallest absolute Gasteiger partial charge is 0.264 e. The second kappa shape index (κ2) is 13.4. The standard InChI is InChI=1S/C28H32BrN3O5S/c1-4-30-28(34)21(3)31(19-22-15-17-23(29)18-16-22)27(33)20-32(25-13-9-10-14-26(25)37-5-2)38(35,36)24-11-7-6-8-12-24/h6-18,21H,4-5,19-20H2,1-3H3,(H,30,34). The zero-order valence-corrected chi connectivity index (χ0v) is 24.0. The SMILES string of the molecule is CCNC(=O)C(C)N(Cc1ccc(Br)cc1)C(=O)CN(c1ccccc1OCC)S(=O)(=O)c1ccccc1. The maximum absolute atomic E-state index is 13.9. The predicted octanol–water partition coefficient (Wildman–Crippen LogP) is 4.60. The Labute approximate surface area is 232 Å². The van der Waals surface area contributed by atoms with E-state index in [0.717, 1.165) is 14.3 Å². The summed E-state index contributed by atoms with van der Waals surface area (Å²) in [5.74, 6) is -0.527. The van der Waals surface area contributed by atoms with Gasteiger partial charge in [0.15, 0.2) is 0 Å². The summed E-state index contributed by atoms with van der Waals surface area (Å²) < 4.78 is 35.4. The van der Waals surface area contributed by atoms with Crippen molar-refractivity contribution in [3.8, 4) is 5.75 Å². The van der Waals surface area contributed by atoms with E-state index in [1.54, 1.807) is 63.2 Å². The monoisotopic (exact) mass is 601 g/mol. The Balaban J connectivity index is 2.06. The molecule has 3 rings (SSSR count). The number of carbonyl (C=O) groups excluding carboxylic acids is 2. The van der Waals surface area contributed by atoms with Crippen LogP contribution in [-0.2, 0) is 26.2 Å². The molecule has 0 saturated heterocycles. The Morgan fingerprint density at radius 2 is 1.58 bits per heavy atom. The third-order valence-electron chi connectivity index (χ3n) is 5.83. The molecule has 2 amide bonds. The van der Waals surface area contributed by atoms with Crippen molar-refractivity contribution in [2.75, 3.05) is 24.0 Å². The highest BCUT2D eigenvalue weighted by molar-refractivity contribution is 9.10. The Morgan fingerprint density at radius 3 is 2.21 bits per heavy atom. The molecule has 0 spiro atoms. The summed E-state index contributed by atoms with van der Waals surface area (Å²) in [4.78, 5) is 28.1. The van der Waals surface area contributed by atoms with Gasteiger partial charge in [0.1, 0.15) is 18.3 Å². The second-order valence-electron chi connectivity index (χ2n) is 8.44. The summed E-state index contributed by atoms with van der Waals surface area (Å²) in [7, 11) is -4.16. The fourth-order valence-electron chi connectivity index (χ4n) is 3.86. The molecular formula is C28H32BrN3O5S. The van der Waals surface area contributed by atoms with E-state index in [2.05, 4.69) is 21.2 Å². The molecule has 0 heterocycles. The maximum Gasteiger partial charge on any atom is 0.264 e. The molecular weight excluding hydrogens is 570 g/mol. The number of para-hydroxylation sites is 2. The van der Waals surface area contributed by atoms with Gasteiger partial charge in [-0.3, -0.25) is 13.9 Å². The lowest BCUT2D eigenvalue weighted by Crippen LogP contribution is -2.51.